The fraction of sp³-hybridized carbons (Fsp3) is 0.0800. The Hall–Kier alpha value is -3.79. The molecule has 3 rings (SSSR count). The fourth-order valence-corrected chi connectivity index (χ4v) is 2.90. The van der Waals surface area contributed by atoms with E-state index < -0.39 is 5.97 Å². The average Bonchev–Trinajstić information content (AvgIpc) is 2.72. The highest BCUT2D eigenvalue weighted by Gasteiger charge is 2.08. The van der Waals surface area contributed by atoms with Gasteiger partial charge in [-0.25, -0.2) is 4.79 Å². The minimum absolute atomic E-state index is 0.0946. The Morgan fingerprint density at radius 1 is 0.724 bits per heavy atom. The molecule has 146 valence electrons. The van der Waals surface area contributed by atoms with E-state index in [1.54, 1.807) is 18.2 Å². The van der Waals surface area contributed by atoms with Gasteiger partial charge < -0.3 is 15.3 Å². The van der Waals surface area contributed by atoms with Gasteiger partial charge in [-0.05, 0) is 59.4 Å². The van der Waals surface area contributed by atoms with Crippen LogP contribution in [0.3, 0.4) is 0 Å². The van der Waals surface area contributed by atoms with E-state index in [0.717, 1.165) is 35.1 Å². The zero-order chi connectivity index (χ0) is 20.6. The highest BCUT2D eigenvalue weighted by molar-refractivity contribution is 5.91. The highest BCUT2D eigenvalue weighted by Crippen LogP contribution is 2.23. The number of allylic oxidation sites excluding steroid dienone is 2. The van der Waals surface area contributed by atoms with E-state index in [4.69, 9.17) is 5.11 Å². The smallest absolute Gasteiger partial charge is 0.339 e. The molecule has 4 nitrogen and oxygen atoms in total. The monoisotopic (exact) mass is 386 g/mol. The lowest BCUT2D eigenvalue weighted by molar-refractivity contribution is 0.0693. The number of rotatable bonds is 7. The summed E-state index contributed by atoms with van der Waals surface area (Å²) in [4.78, 5) is 11.0. The number of phenolic OH excluding ortho intramolecular Hbond substituents is 1. The third-order valence-electron chi connectivity index (χ3n) is 4.48. The number of hydrogen-bond acceptors (Lipinski definition) is 3. The highest BCUT2D eigenvalue weighted by atomic mass is 16.4. The Labute approximate surface area is 169 Å². The molecule has 0 aliphatic heterocycles. The Morgan fingerprint density at radius 2 is 1.24 bits per heavy atom. The Balaban J connectivity index is 1.51. The number of unbranched alkanes of at least 4 members (excludes halogenated alkanes) is 1. The molecule has 3 aromatic carbocycles. The predicted octanol–water partition coefficient (Wildman–Crippen LogP) is 5.97. The predicted molar refractivity (Wildman–Crippen MR) is 116 cm³/mol. The molecule has 0 radical (unpaired) electrons. The zero-order valence-electron chi connectivity index (χ0n) is 15.8. The summed E-state index contributed by atoms with van der Waals surface area (Å²) in [6.45, 7) is 0. The standard InChI is InChI=1S/C25H22O4/c26-22-14-12-21(13-15-22)20-10-7-18(8-11-20)5-3-1-2-4-6-19-9-16-24(27)23(17-19)25(28)29/h3-17,26-27H,1-2H2,(H,28,29). The van der Waals surface area contributed by atoms with Crippen molar-refractivity contribution >= 4 is 18.1 Å². The molecule has 0 atom stereocenters. The van der Waals surface area contributed by atoms with Crippen LogP contribution in [-0.2, 0) is 0 Å². The van der Waals surface area contributed by atoms with Gasteiger partial charge in [-0.15, -0.1) is 0 Å². The maximum Gasteiger partial charge on any atom is 0.339 e. The largest absolute Gasteiger partial charge is 0.508 e. The molecule has 0 aromatic heterocycles. The number of hydrogen-bond donors (Lipinski definition) is 3. The third kappa shape index (κ3) is 5.59. The van der Waals surface area contributed by atoms with Crippen molar-refractivity contribution in [3.05, 3.63) is 95.6 Å². The lowest BCUT2D eigenvalue weighted by Crippen LogP contribution is -1.96. The third-order valence-corrected chi connectivity index (χ3v) is 4.48. The second kappa shape index (κ2) is 9.42. The number of phenols is 2. The first-order chi connectivity index (χ1) is 14.0. The lowest BCUT2D eigenvalue weighted by atomic mass is 10.0. The maximum absolute atomic E-state index is 11.0. The molecule has 0 saturated heterocycles. The maximum atomic E-state index is 11.0. The molecule has 0 saturated carbocycles. The van der Waals surface area contributed by atoms with Gasteiger partial charge in [0, 0.05) is 0 Å². The Bertz CT molecular complexity index is 1030. The Morgan fingerprint density at radius 3 is 1.83 bits per heavy atom. The van der Waals surface area contributed by atoms with Gasteiger partial charge in [-0.1, -0.05) is 66.8 Å². The van der Waals surface area contributed by atoms with Gasteiger partial charge in [-0.2, -0.15) is 0 Å². The quantitative estimate of drug-likeness (QED) is 0.437. The number of carbonyl (C=O) groups is 1. The minimum Gasteiger partial charge on any atom is -0.508 e. The molecule has 0 spiro atoms. The number of carboxylic acid groups (broad SMARTS) is 1. The SMILES string of the molecule is O=C(O)c1cc(C=CCCC=Cc2ccc(-c3ccc(O)cc3)cc2)ccc1O. The van der Waals surface area contributed by atoms with Gasteiger partial charge in [0.1, 0.15) is 17.1 Å². The number of aromatic carboxylic acids is 1. The number of aromatic hydroxyl groups is 2. The summed E-state index contributed by atoms with van der Waals surface area (Å²) < 4.78 is 0. The molecule has 4 heteroatoms. The van der Waals surface area contributed by atoms with Gasteiger partial charge in [0.05, 0.1) is 0 Å². The summed E-state index contributed by atoms with van der Waals surface area (Å²) in [5, 5.41) is 27.9. The average molecular weight is 386 g/mol. The van der Waals surface area contributed by atoms with E-state index in [1.165, 1.54) is 12.1 Å². The van der Waals surface area contributed by atoms with Crippen LogP contribution in [0.2, 0.25) is 0 Å². The van der Waals surface area contributed by atoms with E-state index in [0.29, 0.717) is 0 Å². The van der Waals surface area contributed by atoms with Gasteiger partial charge in [0.25, 0.3) is 0 Å². The second-order valence-corrected chi connectivity index (χ2v) is 6.63. The molecular weight excluding hydrogens is 364 g/mol. The first kappa shape index (κ1) is 20.0. The van der Waals surface area contributed by atoms with Crippen LogP contribution in [0.5, 0.6) is 11.5 Å². The van der Waals surface area contributed by atoms with E-state index >= 15 is 0 Å². The van der Waals surface area contributed by atoms with Crippen molar-refractivity contribution < 1.29 is 20.1 Å². The van der Waals surface area contributed by atoms with Crippen LogP contribution in [0.25, 0.3) is 23.3 Å². The lowest BCUT2D eigenvalue weighted by Gasteiger charge is -2.02. The van der Waals surface area contributed by atoms with Crippen molar-refractivity contribution in [1.82, 2.24) is 0 Å². The van der Waals surface area contributed by atoms with Gasteiger partial charge >= 0.3 is 5.97 Å². The first-order valence-corrected chi connectivity index (χ1v) is 9.32. The zero-order valence-corrected chi connectivity index (χ0v) is 15.8. The van der Waals surface area contributed by atoms with E-state index in [2.05, 4.69) is 36.4 Å². The normalized spacial score (nSPS) is 11.3. The number of carboxylic acids is 1. The summed E-state index contributed by atoms with van der Waals surface area (Å²) >= 11 is 0. The molecule has 3 aromatic rings. The van der Waals surface area contributed by atoms with E-state index in [9.17, 15) is 15.0 Å². The van der Waals surface area contributed by atoms with E-state index in [1.807, 2.05) is 24.3 Å². The minimum atomic E-state index is -1.14. The van der Waals surface area contributed by atoms with Crippen molar-refractivity contribution in [2.24, 2.45) is 0 Å². The topological polar surface area (TPSA) is 77.8 Å². The molecule has 0 fully saturated rings. The van der Waals surface area contributed by atoms with Crippen LogP contribution in [0.15, 0.2) is 78.9 Å². The van der Waals surface area contributed by atoms with Crippen LogP contribution in [0.4, 0.5) is 0 Å². The summed E-state index contributed by atoms with van der Waals surface area (Å²) in [6, 6.07) is 19.9. The molecule has 3 N–H and O–H groups in total. The van der Waals surface area contributed by atoms with Crippen LogP contribution < -0.4 is 0 Å². The first-order valence-electron chi connectivity index (χ1n) is 9.32. The van der Waals surface area contributed by atoms with Crippen molar-refractivity contribution in [2.45, 2.75) is 12.8 Å². The van der Waals surface area contributed by atoms with Crippen LogP contribution in [0.1, 0.15) is 34.3 Å². The Kier molecular flexibility index (Phi) is 6.48. The van der Waals surface area contributed by atoms with E-state index in [-0.39, 0.29) is 17.1 Å². The van der Waals surface area contributed by atoms with Gasteiger partial charge in [-0.3, -0.25) is 0 Å². The fourth-order valence-electron chi connectivity index (χ4n) is 2.90. The summed E-state index contributed by atoms with van der Waals surface area (Å²) in [7, 11) is 0. The second-order valence-electron chi connectivity index (χ2n) is 6.63. The molecule has 0 unspecified atom stereocenters. The number of benzene rings is 3. The molecule has 0 aliphatic carbocycles. The molecule has 0 aliphatic rings. The van der Waals surface area contributed by atoms with Gasteiger partial charge in [0.2, 0.25) is 0 Å². The van der Waals surface area contributed by atoms with Crippen LogP contribution >= 0.6 is 0 Å². The molecule has 0 bridgehead atoms. The summed E-state index contributed by atoms with van der Waals surface area (Å²) in [6.07, 6.45) is 9.69. The van der Waals surface area contributed by atoms with Crippen molar-refractivity contribution in [3.63, 3.8) is 0 Å². The molecule has 0 heterocycles. The molecular formula is C25H22O4. The van der Waals surface area contributed by atoms with Crippen molar-refractivity contribution in [2.75, 3.05) is 0 Å². The van der Waals surface area contributed by atoms with Crippen molar-refractivity contribution in [1.29, 1.82) is 0 Å². The summed E-state index contributed by atoms with van der Waals surface area (Å²) in [5.41, 5.74) is 3.92. The van der Waals surface area contributed by atoms with Gasteiger partial charge in [0.15, 0.2) is 0 Å². The van der Waals surface area contributed by atoms with Crippen LogP contribution in [0, 0.1) is 0 Å². The summed E-state index contributed by atoms with van der Waals surface area (Å²) in [5.74, 6) is -1.11. The molecule has 29 heavy (non-hydrogen) atoms. The molecule has 0 amide bonds. The van der Waals surface area contributed by atoms with Crippen LogP contribution in [-0.4, -0.2) is 21.3 Å². The van der Waals surface area contributed by atoms with Crippen molar-refractivity contribution in [3.8, 4) is 22.6 Å².